The average Bonchev–Trinajstić information content (AvgIpc) is 3.10. The van der Waals surface area contributed by atoms with E-state index >= 15 is 0 Å². The molecule has 24 heavy (non-hydrogen) atoms. The normalized spacial score (nSPS) is 24.6. The van der Waals surface area contributed by atoms with Crippen molar-refractivity contribution < 1.29 is 5.11 Å². The van der Waals surface area contributed by atoms with E-state index in [1.165, 1.54) is 36.7 Å². The summed E-state index contributed by atoms with van der Waals surface area (Å²) in [5.41, 5.74) is 3.37. The highest BCUT2D eigenvalue weighted by atomic mass is 32.1. The summed E-state index contributed by atoms with van der Waals surface area (Å²) in [7, 11) is 0. The number of fused-ring (bicyclic) bond motifs is 1. The first-order valence-electron chi connectivity index (χ1n) is 9.10. The third-order valence-corrected chi connectivity index (χ3v) is 6.19. The summed E-state index contributed by atoms with van der Waals surface area (Å²) in [6.07, 6.45) is 4.90. The van der Waals surface area contributed by atoms with Crippen molar-refractivity contribution in [3.8, 4) is 0 Å². The Bertz CT molecular complexity index is 668. The first-order chi connectivity index (χ1) is 11.8. The van der Waals surface area contributed by atoms with Crippen molar-refractivity contribution in [1.29, 1.82) is 0 Å². The zero-order valence-electron chi connectivity index (χ0n) is 14.1. The van der Waals surface area contributed by atoms with Gasteiger partial charge in [-0.15, -0.1) is 0 Å². The molecule has 2 aliphatic rings. The predicted octanol–water partition coefficient (Wildman–Crippen LogP) is 2.36. The van der Waals surface area contributed by atoms with Crippen LogP contribution in [0.2, 0.25) is 0 Å². The smallest absolute Gasteiger partial charge is 0.105 e. The van der Waals surface area contributed by atoms with Crippen LogP contribution in [0.3, 0.4) is 0 Å². The molecule has 1 aromatic heterocycles. The predicted molar refractivity (Wildman–Crippen MR) is 97.1 cm³/mol. The Morgan fingerprint density at radius 2 is 1.92 bits per heavy atom. The third-order valence-electron chi connectivity index (χ3n) is 5.63. The van der Waals surface area contributed by atoms with Gasteiger partial charge in [-0.2, -0.15) is 8.75 Å². The largest absolute Gasteiger partial charge is 0.396 e. The molecule has 0 amide bonds. The van der Waals surface area contributed by atoms with Crippen LogP contribution < -0.4 is 0 Å². The summed E-state index contributed by atoms with van der Waals surface area (Å²) in [5, 5.41) is 9.32. The summed E-state index contributed by atoms with van der Waals surface area (Å²) in [6.45, 7) is 6.03. The molecule has 1 atom stereocenters. The van der Waals surface area contributed by atoms with Gasteiger partial charge in [-0.3, -0.25) is 9.80 Å². The van der Waals surface area contributed by atoms with Gasteiger partial charge in [0.25, 0.3) is 0 Å². The highest BCUT2D eigenvalue weighted by molar-refractivity contribution is 7.00. The lowest BCUT2D eigenvalue weighted by Crippen LogP contribution is -2.50. The number of benzene rings is 1. The van der Waals surface area contributed by atoms with Crippen LogP contribution in [-0.2, 0) is 6.54 Å². The van der Waals surface area contributed by atoms with Gasteiger partial charge in [0, 0.05) is 25.7 Å². The van der Waals surface area contributed by atoms with Gasteiger partial charge in [-0.05, 0) is 68.9 Å². The maximum Gasteiger partial charge on any atom is 0.105 e. The van der Waals surface area contributed by atoms with E-state index in [9.17, 15) is 5.11 Å². The highest BCUT2D eigenvalue weighted by Gasteiger charge is 2.28. The molecule has 2 aliphatic heterocycles. The number of hydrogen-bond donors (Lipinski definition) is 1. The molecule has 0 saturated carbocycles. The van der Waals surface area contributed by atoms with Gasteiger partial charge in [-0.1, -0.05) is 6.07 Å². The second-order valence-corrected chi connectivity index (χ2v) is 7.81. The number of piperidine rings is 2. The molecular formula is C18H26N4OS. The first kappa shape index (κ1) is 16.4. The van der Waals surface area contributed by atoms with E-state index in [1.54, 1.807) is 0 Å². The van der Waals surface area contributed by atoms with Crippen LogP contribution in [0.4, 0.5) is 0 Å². The minimum absolute atomic E-state index is 0.360. The van der Waals surface area contributed by atoms with E-state index in [2.05, 4.69) is 36.7 Å². The Kier molecular flexibility index (Phi) is 5.08. The number of likely N-dealkylation sites (tertiary alicyclic amines) is 2. The van der Waals surface area contributed by atoms with E-state index in [-0.39, 0.29) is 0 Å². The molecule has 0 bridgehead atoms. The minimum atomic E-state index is 0.360. The minimum Gasteiger partial charge on any atom is -0.396 e. The van der Waals surface area contributed by atoms with Crippen LogP contribution in [-0.4, -0.2) is 62.5 Å². The van der Waals surface area contributed by atoms with Crippen LogP contribution in [0.5, 0.6) is 0 Å². The second kappa shape index (κ2) is 7.44. The number of aliphatic hydroxyl groups is 1. The quantitative estimate of drug-likeness (QED) is 0.921. The standard InChI is InChI=1S/C18H26N4OS/c23-13-14-5-8-22(9-6-14)16-2-1-7-21(12-16)11-15-3-4-17-18(10-15)20-24-19-17/h3-4,10,14,16,23H,1-2,5-9,11-13H2. The summed E-state index contributed by atoms with van der Waals surface area (Å²) in [5.74, 6) is 0.527. The molecule has 1 aromatic carbocycles. The van der Waals surface area contributed by atoms with Gasteiger partial charge in [0.05, 0.1) is 11.7 Å². The molecule has 130 valence electrons. The molecule has 2 saturated heterocycles. The third kappa shape index (κ3) is 3.61. The second-order valence-electron chi connectivity index (χ2n) is 7.28. The van der Waals surface area contributed by atoms with Gasteiger partial charge in [0.15, 0.2) is 0 Å². The van der Waals surface area contributed by atoms with Gasteiger partial charge in [-0.25, -0.2) is 0 Å². The maximum atomic E-state index is 9.32. The molecule has 1 N–H and O–H groups in total. The molecule has 5 nitrogen and oxygen atoms in total. The molecule has 1 unspecified atom stereocenters. The summed E-state index contributed by atoms with van der Waals surface area (Å²) >= 11 is 1.29. The number of rotatable bonds is 4. The molecular weight excluding hydrogens is 320 g/mol. The van der Waals surface area contributed by atoms with Crippen LogP contribution in [0, 0.1) is 5.92 Å². The molecule has 2 fully saturated rings. The fourth-order valence-corrected chi connectivity index (χ4v) is 4.68. The van der Waals surface area contributed by atoms with Gasteiger partial charge in [0.2, 0.25) is 0 Å². The van der Waals surface area contributed by atoms with Crippen LogP contribution >= 0.6 is 11.7 Å². The summed E-state index contributed by atoms with van der Waals surface area (Å²) in [4.78, 5) is 5.25. The monoisotopic (exact) mass is 346 g/mol. The van der Waals surface area contributed by atoms with Crippen LogP contribution in [0.25, 0.3) is 11.0 Å². The van der Waals surface area contributed by atoms with Crippen molar-refractivity contribution in [2.24, 2.45) is 5.92 Å². The van der Waals surface area contributed by atoms with E-state index in [0.29, 0.717) is 18.6 Å². The van der Waals surface area contributed by atoms with Gasteiger partial charge < -0.3 is 5.11 Å². The topological polar surface area (TPSA) is 52.5 Å². The van der Waals surface area contributed by atoms with Crippen molar-refractivity contribution in [1.82, 2.24) is 18.5 Å². The molecule has 0 radical (unpaired) electrons. The zero-order chi connectivity index (χ0) is 16.4. The van der Waals surface area contributed by atoms with Gasteiger partial charge >= 0.3 is 0 Å². The lowest BCUT2D eigenvalue weighted by molar-refractivity contribution is 0.0544. The fourth-order valence-electron chi connectivity index (χ4n) is 4.16. The molecule has 0 aliphatic carbocycles. The highest BCUT2D eigenvalue weighted by Crippen LogP contribution is 2.24. The zero-order valence-corrected chi connectivity index (χ0v) is 14.9. The Morgan fingerprint density at radius 1 is 1.08 bits per heavy atom. The maximum absolute atomic E-state index is 9.32. The van der Waals surface area contributed by atoms with Crippen molar-refractivity contribution in [2.75, 3.05) is 32.8 Å². The van der Waals surface area contributed by atoms with Crippen molar-refractivity contribution >= 4 is 22.8 Å². The summed E-state index contributed by atoms with van der Waals surface area (Å²) in [6, 6.07) is 7.16. The Morgan fingerprint density at radius 3 is 2.75 bits per heavy atom. The number of aliphatic hydroxyl groups excluding tert-OH is 1. The lowest BCUT2D eigenvalue weighted by atomic mass is 9.94. The Balaban J connectivity index is 1.36. The molecule has 6 heteroatoms. The van der Waals surface area contributed by atoms with Gasteiger partial charge in [0.1, 0.15) is 11.0 Å². The van der Waals surface area contributed by atoms with Crippen molar-refractivity contribution in [3.63, 3.8) is 0 Å². The van der Waals surface area contributed by atoms with E-state index in [0.717, 1.165) is 50.1 Å². The van der Waals surface area contributed by atoms with Crippen molar-refractivity contribution in [3.05, 3.63) is 23.8 Å². The Labute approximate surface area is 147 Å². The van der Waals surface area contributed by atoms with Crippen molar-refractivity contribution in [2.45, 2.75) is 38.3 Å². The SMILES string of the molecule is OCC1CCN(C2CCCN(Cc3ccc4nsnc4c3)C2)CC1. The summed E-state index contributed by atoms with van der Waals surface area (Å²) < 4.78 is 8.64. The lowest BCUT2D eigenvalue weighted by Gasteiger charge is -2.42. The first-order valence-corrected chi connectivity index (χ1v) is 9.83. The number of aromatic nitrogens is 2. The van der Waals surface area contributed by atoms with E-state index in [1.807, 2.05) is 0 Å². The molecule has 0 spiro atoms. The molecule has 3 heterocycles. The van der Waals surface area contributed by atoms with Crippen LogP contribution in [0.1, 0.15) is 31.2 Å². The van der Waals surface area contributed by atoms with E-state index < -0.39 is 0 Å². The van der Waals surface area contributed by atoms with Crippen LogP contribution in [0.15, 0.2) is 18.2 Å². The molecule has 2 aromatic rings. The Hall–Kier alpha value is -1.08. The van der Waals surface area contributed by atoms with E-state index in [4.69, 9.17) is 0 Å². The number of nitrogens with zero attached hydrogens (tertiary/aromatic N) is 4. The molecule has 4 rings (SSSR count). The average molecular weight is 347 g/mol. The number of hydrogen-bond acceptors (Lipinski definition) is 6. The fraction of sp³-hybridized carbons (Fsp3) is 0.667.